The average molecular weight is 643 g/mol. The van der Waals surface area contributed by atoms with Gasteiger partial charge >= 0.3 is 12.1 Å². The van der Waals surface area contributed by atoms with Gasteiger partial charge in [0.15, 0.2) is 11.5 Å². The number of nitrogens with one attached hydrogen (secondary N) is 2. The van der Waals surface area contributed by atoms with E-state index in [2.05, 4.69) is 16.9 Å². The molecule has 1 aliphatic rings. The van der Waals surface area contributed by atoms with Crippen molar-refractivity contribution < 1.29 is 38.5 Å². The van der Waals surface area contributed by atoms with Crippen LogP contribution in [0.1, 0.15) is 87.2 Å². The number of carbonyl (C=O) groups excluding carboxylic acids is 4. The SMILES string of the molecule is C=Cc1cc(C(=O)Cc2ccc(C(=N)N)cc2)c(-c2ccc(C(=O)NCC3CC3)nc2C(=O)OC(C)OC(=O)OC(C)C)cc1CO. The van der Waals surface area contributed by atoms with Crippen LogP contribution in [0.15, 0.2) is 55.1 Å². The Labute approximate surface area is 272 Å². The van der Waals surface area contributed by atoms with Gasteiger partial charge in [-0.05, 0) is 79.1 Å². The molecule has 0 radical (unpaired) electrons. The summed E-state index contributed by atoms with van der Waals surface area (Å²) in [7, 11) is 0. The van der Waals surface area contributed by atoms with Crippen LogP contribution in [0, 0.1) is 11.3 Å². The van der Waals surface area contributed by atoms with Crippen LogP contribution in [0.2, 0.25) is 0 Å². The number of ether oxygens (including phenoxy) is 3. The van der Waals surface area contributed by atoms with Crippen molar-refractivity contribution in [2.24, 2.45) is 11.7 Å². The number of hydrogen-bond acceptors (Lipinski definition) is 10. The number of nitrogen functional groups attached to an aromatic ring is 1. The lowest BCUT2D eigenvalue weighted by atomic mass is 9.89. The maximum absolute atomic E-state index is 13.9. The Bertz CT molecular complexity index is 1700. The van der Waals surface area contributed by atoms with Gasteiger partial charge in [0.2, 0.25) is 6.29 Å². The molecule has 1 aliphatic carbocycles. The van der Waals surface area contributed by atoms with Crippen LogP contribution in [0.25, 0.3) is 17.2 Å². The second kappa shape index (κ2) is 15.3. The molecule has 4 rings (SSSR count). The smallest absolute Gasteiger partial charge is 0.431 e. The van der Waals surface area contributed by atoms with Crippen LogP contribution < -0.4 is 11.1 Å². The number of aromatic nitrogens is 1. The minimum Gasteiger partial charge on any atom is -0.431 e. The molecule has 1 unspecified atom stereocenters. The minimum absolute atomic E-state index is 0.0437. The Morgan fingerprint density at radius 3 is 2.34 bits per heavy atom. The van der Waals surface area contributed by atoms with Crippen LogP contribution in [0.3, 0.4) is 0 Å². The van der Waals surface area contributed by atoms with Gasteiger partial charge in [-0.15, -0.1) is 0 Å². The second-order valence-electron chi connectivity index (χ2n) is 11.4. The van der Waals surface area contributed by atoms with Gasteiger partial charge in [0, 0.05) is 36.6 Å². The first-order valence-corrected chi connectivity index (χ1v) is 15.1. The lowest BCUT2D eigenvalue weighted by Gasteiger charge is -2.18. The number of aliphatic hydroxyl groups is 1. The molecule has 1 atom stereocenters. The van der Waals surface area contributed by atoms with Crippen molar-refractivity contribution in [3.63, 3.8) is 0 Å². The monoisotopic (exact) mass is 642 g/mol. The highest BCUT2D eigenvalue weighted by Crippen LogP contribution is 2.32. The standard InChI is InChI=1S/C35H38N4O8/c1-5-23-15-28(30(41)14-21-8-10-24(11-9-21)32(36)37)27(16-25(23)18-40)26-12-13-29(33(42)38-17-22-6-7-22)39-31(26)34(43)46-20(4)47-35(44)45-19(2)3/h5,8-13,15-16,19-20,22,40H,1,6-7,14,17-18H2,2-4H3,(H3,36,37)(H,38,42). The highest BCUT2D eigenvalue weighted by molar-refractivity contribution is 6.07. The van der Waals surface area contributed by atoms with Gasteiger partial charge < -0.3 is 30.4 Å². The molecular formula is C35H38N4O8. The van der Waals surface area contributed by atoms with E-state index in [1.807, 2.05) is 0 Å². The second-order valence-corrected chi connectivity index (χ2v) is 11.4. The van der Waals surface area contributed by atoms with Crippen molar-refractivity contribution in [2.75, 3.05) is 6.54 Å². The Morgan fingerprint density at radius 2 is 1.74 bits per heavy atom. The number of pyridine rings is 1. The predicted molar refractivity (Wildman–Crippen MR) is 174 cm³/mol. The summed E-state index contributed by atoms with van der Waals surface area (Å²) in [6.07, 6.45) is 0.609. The van der Waals surface area contributed by atoms with Gasteiger partial charge in [-0.3, -0.25) is 15.0 Å². The number of benzene rings is 2. The minimum atomic E-state index is -1.38. The molecule has 0 aliphatic heterocycles. The Hall–Kier alpha value is -5.36. The van der Waals surface area contributed by atoms with Crippen LogP contribution in [-0.4, -0.2) is 58.7 Å². The van der Waals surface area contributed by atoms with Gasteiger partial charge in [0.05, 0.1) is 12.7 Å². The van der Waals surface area contributed by atoms with Crippen molar-refractivity contribution in [1.29, 1.82) is 5.41 Å². The fourth-order valence-corrected chi connectivity index (χ4v) is 4.72. The van der Waals surface area contributed by atoms with E-state index >= 15 is 0 Å². The molecule has 1 saturated carbocycles. The zero-order valence-electron chi connectivity index (χ0n) is 26.5. The molecule has 0 bridgehead atoms. The number of carbonyl (C=O) groups is 4. The molecule has 1 aromatic heterocycles. The maximum atomic E-state index is 13.9. The van der Waals surface area contributed by atoms with E-state index in [1.54, 1.807) is 50.2 Å². The van der Waals surface area contributed by atoms with Crippen LogP contribution >= 0.6 is 0 Å². The van der Waals surface area contributed by atoms with Crippen molar-refractivity contribution in [1.82, 2.24) is 10.3 Å². The lowest BCUT2D eigenvalue weighted by Crippen LogP contribution is -2.28. The molecule has 0 saturated heterocycles. The molecule has 246 valence electrons. The number of aliphatic hydroxyl groups excluding tert-OH is 1. The average Bonchev–Trinajstić information content (AvgIpc) is 3.87. The molecule has 12 heteroatoms. The summed E-state index contributed by atoms with van der Waals surface area (Å²) in [6, 6.07) is 12.7. The fourth-order valence-electron chi connectivity index (χ4n) is 4.72. The summed E-state index contributed by atoms with van der Waals surface area (Å²) >= 11 is 0. The predicted octanol–water partition coefficient (Wildman–Crippen LogP) is 4.80. The molecular weight excluding hydrogens is 604 g/mol. The third-order valence-corrected chi connectivity index (χ3v) is 7.33. The van der Waals surface area contributed by atoms with E-state index in [0.29, 0.717) is 34.7 Å². The number of esters is 1. The largest absolute Gasteiger partial charge is 0.511 e. The van der Waals surface area contributed by atoms with Crippen LogP contribution in [-0.2, 0) is 27.2 Å². The van der Waals surface area contributed by atoms with Gasteiger partial charge in [-0.25, -0.2) is 14.6 Å². The van der Waals surface area contributed by atoms with Gasteiger partial charge in [-0.2, -0.15) is 0 Å². The highest BCUT2D eigenvalue weighted by atomic mass is 16.8. The summed E-state index contributed by atoms with van der Waals surface area (Å²) < 4.78 is 15.4. The molecule has 47 heavy (non-hydrogen) atoms. The lowest BCUT2D eigenvalue weighted by molar-refractivity contribution is -0.0868. The van der Waals surface area contributed by atoms with Crippen molar-refractivity contribution in [3.8, 4) is 11.1 Å². The molecule has 1 fully saturated rings. The molecule has 0 spiro atoms. The number of nitrogens with two attached hydrogens (primary N) is 1. The zero-order chi connectivity index (χ0) is 34.2. The number of hydrogen-bond donors (Lipinski definition) is 4. The first kappa shape index (κ1) is 34.5. The summed E-state index contributed by atoms with van der Waals surface area (Å²) in [5.74, 6) is -1.56. The van der Waals surface area contributed by atoms with E-state index in [1.165, 1.54) is 25.1 Å². The first-order valence-electron chi connectivity index (χ1n) is 15.1. The van der Waals surface area contributed by atoms with Crippen molar-refractivity contribution in [2.45, 2.75) is 59.0 Å². The summed E-state index contributed by atoms with van der Waals surface area (Å²) in [5, 5.41) is 20.6. The third-order valence-electron chi connectivity index (χ3n) is 7.33. The van der Waals surface area contributed by atoms with Crippen molar-refractivity contribution >= 4 is 35.7 Å². The number of Topliss-reactive ketones (excluding diaryl/α,β-unsaturated/α-hetero) is 1. The Morgan fingerprint density at radius 1 is 1.04 bits per heavy atom. The van der Waals surface area contributed by atoms with E-state index in [0.717, 1.165) is 12.8 Å². The quantitative estimate of drug-likeness (QED) is 0.0625. The highest BCUT2D eigenvalue weighted by Gasteiger charge is 2.27. The third kappa shape index (κ3) is 9.10. The van der Waals surface area contributed by atoms with Crippen molar-refractivity contribution in [3.05, 3.63) is 94.3 Å². The van der Waals surface area contributed by atoms with E-state index < -0.39 is 37.0 Å². The molecule has 1 amide bonds. The summed E-state index contributed by atoms with van der Waals surface area (Å²) in [4.78, 5) is 56.8. The number of amidine groups is 1. The molecule has 3 aromatic rings. The first-order chi connectivity index (χ1) is 22.4. The molecule has 1 heterocycles. The number of rotatable bonds is 14. The van der Waals surface area contributed by atoms with E-state index in [9.17, 15) is 24.3 Å². The number of nitrogens with zero attached hydrogens (tertiary/aromatic N) is 1. The van der Waals surface area contributed by atoms with Crippen LogP contribution in [0.4, 0.5) is 4.79 Å². The van der Waals surface area contributed by atoms with Gasteiger partial charge in [0.25, 0.3) is 5.91 Å². The molecule has 5 N–H and O–H groups in total. The van der Waals surface area contributed by atoms with Gasteiger partial charge in [0.1, 0.15) is 11.5 Å². The number of ketones is 1. The molecule has 2 aromatic carbocycles. The van der Waals surface area contributed by atoms with Crippen LogP contribution in [0.5, 0.6) is 0 Å². The summed E-state index contributed by atoms with van der Waals surface area (Å²) in [6.45, 7) is 8.46. The normalized spacial score (nSPS) is 13.0. The molecule has 12 nitrogen and oxygen atoms in total. The summed E-state index contributed by atoms with van der Waals surface area (Å²) in [5.41, 5.74) is 7.87. The van der Waals surface area contributed by atoms with E-state index in [4.69, 9.17) is 25.4 Å². The topological polar surface area (TPSA) is 191 Å². The van der Waals surface area contributed by atoms with E-state index in [-0.39, 0.29) is 46.1 Å². The van der Waals surface area contributed by atoms with Gasteiger partial charge in [-0.1, -0.05) is 36.9 Å². The Balaban J connectivity index is 1.77. The Kier molecular flexibility index (Phi) is 11.2. The number of amides is 1. The maximum Gasteiger partial charge on any atom is 0.511 e. The fraction of sp³-hybridized carbons (Fsp3) is 0.314. The zero-order valence-corrected chi connectivity index (χ0v) is 26.5.